The molecule has 0 saturated carbocycles. The van der Waals surface area contributed by atoms with Gasteiger partial charge >= 0.3 is 5.97 Å². The van der Waals surface area contributed by atoms with E-state index in [-0.39, 0.29) is 30.3 Å². The number of halogens is 2. The molecule has 0 aromatic carbocycles. The number of nitrogens with zero attached hydrogens (tertiary/aromatic N) is 1. The molecule has 0 atom stereocenters. The van der Waals surface area contributed by atoms with E-state index in [0.717, 1.165) is 6.07 Å². The van der Waals surface area contributed by atoms with Gasteiger partial charge in [-0.1, -0.05) is 0 Å². The van der Waals surface area contributed by atoms with Crippen LogP contribution in [-0.4, -0.2) is 24.7 Å². The van der Waals surface area contributed by atoms with Crippen molar-refractivity contribution in [2.45, 2.75) is 19.8 Å². The average molecular weight is 260 g/mol. The smallest absolute Gasteiger partial charge is 0.311 e. The average Bonchev–Trinajstić information content (AvgIpc) is 2.31. The molecule has 0 fully saturated rings. The number of esters is 1. The number of anilines is 1. The van der Waals surface area contributed by atoms with Crippen molar-refractivity contribution in [3.63, 3.8) is 0 Å². The number of pyridine rings is 1. The molecular weight excluding hydrogens is 246 g/mol. The van der Waals surface area contributed by atoms with Gasteiger partial charge in [0.1, 0.15) is 0 Å². The number of carbonyl (C=O) groups excluding carboxylic acids is 1. The van der Waals surface area contributed by atoms with Crippen molar-refractivity contribution in [2.24, 2.45) is 0 Å². The van der Waals surface area contributed by atoms with Crippen molar-refractivity contribution in [3.8, 4) is 5.88 Å². The van der Waals surface area contributed by atoms with Gasteiger partial charge in [0.25, 0.3) is 6.43 Å². The Balaban J connectivity index is 3.09. The summed E-state index contributed by atoms with van der Waals surface area (Å²) in [6, 6.07) is 1.05. The second-order valence-electron chi connectivity index (χ2n) is 3.40. The molecule has 18 heavy (non-hydrogen) atoms. The molecule has 0 aliphatic rings. The molecule has 1 aromatic rings. The second kappa shape index (κ2) is 6.13. The Bertz CT molecular complexity index is 439. The first kappa shape index (κ1) is 14.1. The van der Waals surface area contributed by atoms with Gasteiger partial charge in [-0.2, -0.15) is 0 Å². The predicted molar refractivity (Wildman–Crippen MR) is 60.5 cm³/mol. The number of ether oxygens (including phenoxy) is 2. The Hall–Kier alpha value is -1.92. The number of carbonyl (C=O) groups is 1. The van der Waals surface area contributed by atoms with E-state index >= 15 is 0 Å². The lowest BCUT2D eigenvalue weighted by molar-refractivity contribution is -0.142. The highest BCUT2D eigenvalue weighted by molar-refractivity contribution is 5.74. The molecule has 1 rings (SSSR count). The van der Waals surface area contributed by atoms with Gasteiger partial charge in [-0.15, -0.1) is 0 Å². The third-order valence-electron chi connectivity index (χ3n) is 2.21. The lowest BCUT2D eigenvalue weighted by Crippen LogP contribution is -2.12. The van der Waals surface area contributed by atoms with E-state index in [1.54, 1.807) is 6.92 Å². The predicted octanol–water partition coefficient (Wildman–Crippen LogP) is 1.72. The highest BCUT2D eigenvalue weighted by Crippen LogP contribution is 2.30. The molecule has 0 aliphatic heterocycles. The van der Waals surface area contributed by atoms with Crippen LogP contribution < -0.4 is 10.5 Å². The van der Waals surface area contributed by atoms with Crippen molar-refractivity contribution in [1.29, 1.82) is 0 Å². The summed E-state index contributed by atoms with van der Waals surface area (Å²) in [5.41, 5.74) is 4.97. The zero-order chi connectivity index (χ0) is 13.7. The fraction of sp³-hybridized carbons (Fsp3) is 0.455. The number of hydrogen-bond acceptors (Lipinski definition) is 5. The Morgan fingerprint density at radius 3 is 2.72 bits per heavy atom. The number of hydrogen-bond donors (Lipinski definition) is 1. The topological polar surface area (TPSA) is 74.4 Å². The van der Waals surface area contributed by atoms with Gasteiger partial charge in [0.15, 0.2) is 0 Å². The van der Waals surface area contributed by atoms with Crippen LogP contribution in [0, 0.1) is 0 Å². The van der Waals surface area contributed by atoms with Crippen LogP contribution in [0.3, 0.4) is 0 Å². The molecule has 0 spiro atoms. The molecule has 0 saturated heterocycles. The summed E-state index contributed by atoms with van der Waals surface area (Å²) in [5, 5.41) is 0. The zero-order valence-electron chi connectivity index (χ0n) is 10.1. The third-order valence-corrected chi connectivity index (χ3v) is 2.21. The summed E-state index contributed by atoms with van der Waals surface area (Å²) < 4.78 is 35.0. The van der Waals surface area contributed by atoms with Gasteiger partial charge < -0.3 is 15.2 Å². The zero-order valence-corrected chi connectivity index (χ0v) is 10.1. The maximum absolute atomic E-state index is 12.7. The first-order valence-corrected chi connectivity index (χ1v) is 5.26. The molecule has 0 amide bonds. The van der Waals surface area contributed by atoms with Crippen LogP contribution in [-0.2, 0) is 16.0 Å². The molecule has 2 N–H and O–H groups in total. The Morgan fingerprint density at radius 2 is 2.22 bits per heavy atom. The van der Waals surface area contributed by atoms with Crippen molar-refractivity contribution in [1.82, 2.24) is 4.98 Å². The largest absolute Gasteiger partial charge is 0.481 e. The van der Waals surface area contributed by atoms with Gasteiger partial charge in [0.05, 0.1) is 31.5 Å². The standard InChI is InChI=1S/C11H14F2N2O3/c1-3-18-9(16)5-7-10(14)6(11(12)13)4-8(15-7)17-2/h4,11H,3,5,14H2,1-2H3. The molecule has 100 valence electrons. The molecule has 7 heteroatoms. The van der Waals surface area contributed by atoms with Gasteiger partial charge in [0, 0.05) is 11.6 Å². The fourth-order valence-corrected chi connectivity index (χ4v) is 1.37. The number of aromatic nitrogens is 1. The quantitative estimate of drug-likeness (QED) is 0.816. The van der Waals surface area contributed by atoms with E-state index in [2.05, 4.69) is 4.98 Å². The van der Waals surface area contributed by atoms with E-state index in [0.29, 0.717) is 0 Å². The van der Waals surface area contributed by atoms with Gasteiger partial charge in [0.2, 0.25) is 5.88 Å². The van der Waals surface area contributed by atoms with Crippen molar-refractivity contribution >= 4 is 11.7 Å². The van der Waals surface area contributed by atoms with E-state index in [4.69, 9.17) is 15.2 Å². The van der Waals surface area contributed by atoms with Crippen LogP contribution in [0.5, 0.6) is 5.88 Å². The lowest BCUT2D eigenvalue weighted by atomic mass is 10.1. The van der Waals surface area contributed by atoms with E-state index in [1.807, 2.05) is 0 Å². The van der Waals surface area contributed by atoms with Gasteiger partial charge in [-0.05, 0) is 6.92 Å². The number of nitrogen functional groups attached to an aromatic ring is 1. The maximum atomic E-state index is 12.7. The molecule has 1 aromatic heterocycles. The molecule has 0 bridgehead atoms. The molecule has 5 nitrogen and oxygen atoms in total. The Labute approximate surface area is 103 Å². The van der Waals surface area contributed by atoms with Gasteiger partial charge in [-0.3, -0.25) is 4.79 Å². The van der Waals surface area contributed by atoms with Crippen molar-refractivity contribution < 1.29 is 23.0 Å². The summed E-state index contributed by atoms with van der Waals surface area (Å²) in [7, 11) is 1.29. The highest BCUT2D eigenvalue weighted by Gasteiger charge is 2.19. The summed E-state index contributed by atoms with van der Waals surface area (Å²) in [5.74, 6) is -0.594. The van der Waals surface area contributed by atoms with Crippen molar-refractivity contribution in [2.75, 3.05) is 19.5 Å². The van der Waals surface area contributed by atoms with Crippen LogP contribution in [0.15, 0.2) is 6.07 Å². The van der Waals surface area contributed by atoms with Crippen LogP contribution in [0.1, 0.15) is 24.6 Å². The monoisotopic (exact) mass is 260 g/mol. The number of nitrogens with two attached hydrogens (primary N) is 1. The number of methoxy groups -OCH3 is 1. The third kappa shape index (κ3) is 3.28. The number of alkyl halides is 2. The van der Waals surface area contributed by atoms with E-state index < -0.39 is 18.0 Å². The summed E-state index contributed by atoms with van der Waals surface area (Å²) in [4.78, 5) is 15.2. The molecular formula is C11H14F2N2O3. The number of rotatable bonds is 5. The van der Waals surface area contributed by atoms with Crippen LogP contribution in [0.4, 0.5) is 14.5 Å². The second-order valence-corrected chi connectivity index (χ2v) is 3.40. The van der Waals surface area contributed by atoms with Gasteiger partial charge in [-0.25, -0.2) is 13.8 Å². The minimum Gasteiger partial charge on any atom is -0.481 e. The maximum Gasteiger partial charge on any atom is 0.311 e. The van der Waals surface area contributed by atoms with Crippen molar-refractivity contribution in [3.05, 3.63) is 17.3 Å². The molecule has 0 radical (unpaired) electrons. The van der Waals surface area contributed by atoms with E-state index in [9.17, 15) is 13.6 Å². The normalized spacial score (nSPS) is 10.5. The summed E-state index contributed by atoms with van der Waals surface area (Å²) in [6.45, 7) is 1.84. The minimum absolute atomic E-state index is 0.0150. The van der Waals surface area contributed by atoms with Crippen LogP contribution >= 0.6 is 0 Å². The summed E-state index contributed by atoms with van der Waals surface area (Å²) >= 11 is 0. The first-order valence-electron chi connectivity index (χ1n) is 5.26. The molecule has 0 aliphatic carbocycles. The molecule has 0 unspecified atom stereocenters. The lowest BCUT2D eigenvalue weighted by Gasteiger charge is -2.11. The fourth-order valence-electron chi connectivity index (χ4n) is 1.37. The van der Waals surface area contributed by atoms with Crippen LogP contribution in [0.25, 0.3) is 0 Å². The minimum atomic E-state index is -2.76. The molecule has 1 heterocycles. The Morgan fingerprint density at radius 1 is 1.56 bits per heavy atom. The highest BCUT2D eigenvalue weighted by atomic mass is 19.3. The Kier molecular flexibility index (Phi) is 4.82. The summed E-state index contributed by atoms with van der Waals surface area (Å²) in [6.07, 6.45) is -3.03. The first-order chi connectivity index (χ1) is 8.49. The SMILES string of the molecule is CCOC(=O)Cc1nc(OC)cc(C(F)F)c1N. The van der Waals surface area contributed by atoms with Crippen LogP contribution in [0.2, 0.25) is 0 Å². The van der Waals surface area contributed by atoms with E-state index in [1.165, 1.54) is 7.11 Å².